The van der Waals surface area contributed by atoms with Crippen LogP contribution >= 0.6 is 11.6 Å². The smallest absolute Gasteiger partial charge is 0.175 e. The molecular formula is C22H18ClNO2S. The molecule has 3 aromatic carbocycles. The van der Waals surface area contributed by atoms with Gasteiger partial charge in [-0.05, 0) is 53.9 Å². The van der Waals surface area contributed by atoms with Crippen LogP contribution in [0.2, 0.25) is 5.02 Å². The fourth-order valence-corrected chi connectivity index (χ4v) is 4.16. The second kappa shape index (κ2) is 6.55. The SMILES string of the molecule is Cc1cc2cc(-c3ccc(-c4ccc(S(C)(=O)=O)cc4)cc3)c(Cl)cc2[nH]1. The van der Waals surface area contributed by atoms with Crippen LogP contribution < -0.4 is 0 Å². The van der Waals surface area contributed by atoms with E-state index in [9.17, 15) is 8.42 Å². The van der Waals surface area contributed by atoms with Crippen LogP contribution in [0.15, 0.2) is 71.6 Å². The highest BCUT2D eigenvalue weighted by atomic mass is 35.5. The number of hydrogen-bond donors (Lipinski definition) is 1. The fourth-order valence-electron chi connectivity index (χ4n) is 3.26. The lowest BCUT2D eigenvalue weighted by Gasteiger charge is -2.08. The van der Waals surface area contributed by atoms with Gasteiger partial charge in [0.1, 0.15) is 0 Å². The van der Waals surface area contributed by atoms with Gasteiger partial charge in [-0.2, -0.15) is 0 Å². The van der Waals surface area contributed by atoms with Gasteiger partial charge in [0.15, 0.2) is 9.84 Å². The quantitative estimate of drug-likeness (QED) is 0.471. The minimum absolute atomic E-state index is 0.324. The largest absolute Gasteiger partial charge is 0.359 e. The van der Waals surface area contributed by atoms with Crippen LogP contribution in [0.5, 0.6) is 0 Å². The van der Waals surface area contributed by atoms with E-state index in [1.807, 2.05) is 49.4 Å². The van der Waals surface area contributed by atoms with Gasteiger partial charge in [0.25, 0.3) is 0 Å². The Labute approximate surface area is 163 Å². The Kier molecular flexibility index (Phi) is 4.33. The first-order chi connectivity index (χ1) is 12.8. The number of fused-ring (bicyclic) bond motifs is 1. The van der Waals surface area contributed by atoms with E-state index in [0.29, 0.717) is 9.92 Å². The van der Waals surface area contributed by atoms with E-state index in [0.717, 1.165) is 38.9 Å². The number of rotatable bonds is 3. The molecule has 0 spiro atoms. The molecule has 0 amide bonds. The number of H-pyrrole nitrogens is 1. The third-order valence-electron chi connectivity index (χ3n) is 4.65. The molecule has 0 fully saturated rings. The van der Waals surface area contributed by atoms with E-state index in [2.05, 4.69) is 17.1 Å². The zero-order chi connectivity index (χ0) is 19.2. The lowest BCUT2D eigenvalue weighted by atomic mass is 9.99. The van der Waals surface area contributed by atoms with Gasteiger partial charge in [0, 0.05) is 28.4 Å². The number of sulfone groups is 1. The Balaban J connectivity index is 1.69. The lowest BCUT2D eigenvalue weighted by molar-refractivity contribution is 0.602. The molecule has 1 aromatic heterocycles. The topological polar surface area (TPSA) is 49.9 Å². The summed E-state index contributed by atoms with van der Waals surface area (Å²) in [7, 11) is -3.18. The molecule has 5 heteroatoms. The Morgan fingerprint density at radius 1 is 0.815 bits per heavy atom. The normalized spacial score (nSPS) is 11.8. The Morgan fingerprint density at radius 3 is 1.96 bits per heavy atom. The minimum atomic E-state index is -3.18. The van der Waals surface area contributed by atoms with Crippen molar-refractivity contribution in [2.75, 3.05) is 6.26 Å². The lowest BCUT2D eigenvalue weighted by Crippen LogP contribution is -1.96. The summed E-state index contributed by atoms with van der Waals surface area (Å²) in [4.78, 5) is 3.62. The van der Waals surface area contributed by atoms with Crippen LogP contribution in [0, 0.1) is 6.92 Å². The second-order valence-corrected chi connectivity index (χ2v) is 9.17. The molecule has 0 aliphatic rings. The highest BCUT2D eigenvalue weighted by Gasteiger charge is 2.09. The van der Waals surface area contributed by atoms with Crippen molar-refractivity contribution in [1.29, 1.82) is 0 Å². The second-order valence-electron chi connectivity index (χ2n) is 6.75. The summed E-state index contributed by atoms with van der Waals surface area (Å²) >= 11 is 6.49. The summed E-state index contributed by atoms with van der Waals surface area (Å²) < 4.78 is 23.2. The predicted molar refractivity (Wildman–Crippen MR) is 112 cm³/mol. The van der Waals surface area contributed by atoms with Gasteiger partial charge in [-0.15, -0.1) is 0 Å². The summed E-state index contributed by atoms with van der Waals surface area (Å²) in [6.45, 7) is 2.03. The first-order valence-electron chi connectivity index (χ1n) is 8.51. The highest BCUT2D eigenvalue weighted by Crippen LogP contribution is 2.33. The number of aryl methyl sites for hydroxylation is 1. The Morgan fingerprint density at radius 2 is 1.37 bits per heavy atom. The first kappa shape index (κ1) is 17.8. The van der Waals surface area contributed by atoms with Gasteiger partial charge in [0.05, 0.1) is 9.92 Å². The monoisotopic (exact) mass is 395 g/mol. The van der Waals surface area contributed by atoms with Crippen LogP contribution in [0.25, 0.3) is 33.2 Å². The van der Waals surface area contributed by atoms with Gasteiger partial charge in [0.2, 0.25) is 0 Å². The summed E-state index contributed by atoms with van der Waals surface area (Å²) in [5.74, 6) is 0. The molecule has 27 heavy (non-hydrogen) atoms. The van der Waals surface area contributed by atoms with Gasteiger partial charge in [-0.1, -0.05) is 48.0 Å². The van der Waals surface area contributed by atoms with Crippen molar-refractivity contribution in [3.8, 4) is 22.3 Å². The number of benzene rings is 3. The molecule has 0 aliphatic carbocycles. The molecule has 0 unspecified atom stereocenters. The molecule has 0 saturated heterocycles. The van der Waals surface area contributed by atoms with Crippen molar-refractivity contribution in [2.45, 2.75) is 11.8 Å². The fraction of sp³-hybridized carbons (Fsp3) is 0.0909. The van der Waals surface area contributed by atoms with E-state index in [1.54, 1.807) is 12.1 Å². The first-order valence-corrected chi connectivity index (χ1v) is 10.8. The highest BCUT2D eigenvalue weighted by molar-refractivity contribution is 7.90. The standard InChI is InChI=1S/C22H18ClNO2S/c1-14-11-18-12-20(21(23)13-22(18)24-14)17-5-3-15(4-6-17)16-7-9-19(10-8-16)27(2,25)26/h3-13,24H,1-2H3. The van der Waals surface area contributed by atoms with Crippen LogP contribution in [0.1, 0.15) is 5.69 Å². The van der Waals surface area contributed by atoms with Crippen LogP contribution in [-0.4, -0.2) is 19.7 Å². The van der Waals surface area contributed by atoms with Crippen LogP contribution in [-0.2, 0) is 9.84 Å². The van der Waals surface area contributed by atoms with Crippen molar-refractivity contribution in [1.82, 2.24) is 4.98 Å². The van der Waals surface area contributed by atoms with Gasteiger partial charge >= 0.3 is 0 Å². The van der Waals surface area contributed by atoms with Crippen LogP contribution in [0.4, 0.5) is 0 Å². The number of halogens is 1. The van der Waals surface area contributed by atoms with Gasteiger partial charge in [-0.25, -0.2) is 8.42 Å². The maximum Gasteiger partial charge on any atom is 0.175 e. The van der Waals surface area contributed by atoms with E-state index >= 15 is 0 Å². The Hall–Kier alpha value is -2.56. The molecule has 0 saturated carbocycles. The van der Waals surface area contributed by atoms with Crippen molar-refractivity contribution >= 4 is 32.3 Å². The van der Waals surface area contributed by atoms with E-state index in [1.165, 1.54) is 6.26 Å². The van der Waals surface area contributed by atoms with Gasteiger partial charge in [-0.3, -0.25) is 0 Å². The zero-order valence-corrected chi connectivity index (χ0v) is 16.5. The van der Waals surface area contributed by atoms with E-state index in [4.69, 9.17) is 11.6 Å². The molecular weight excluding hydrogens is 378 g/mol. The number of nitrogens with one attached hydrogen (secondary N) is 1. The molecule has 1 N–H and O–H groups in total. The number of aromatic nitrogens is 1. The maximum atomic E-state index is 11.6. The molecule has 0 atom stereocenters. The average Bonchev–Trinajstić information content (AvgIpc) is 2.99. The predicted octanol–water partition coefficient (Wildman–Crippen LogP) is 5.87. The van der Waals surface area contributed by atoms with Crippen molar-refractivity contribution in [2.24, 2.45) is 0 Å². The zero-order valence-electron chi connectivity index (χ0n) is 15.0. The van der Waals surface area contributed by atoms with Crippen LogP contribution in [0.3, 0.4) is 0 Å². The van der Waals surface area contributed by atoms with Gasteiger partial charge < -0.3 is 4.98 Å². The van der Waals surface area contributed by atoms with Crippen molar-refractivity contribution < 1.29 is 8.42 Å². The molecule has 0 radical (unpaired) electrons. The van der Waals surface area contributed by atoms with E-state index in [-0.39, 0.29) is 0 Å². The molecule has 1 heterocycles. The van der Waals surface area contributed by atoms with Crippen molar-refractivity contribution in [3.63, 3.8) is 0 Å². The molecule has 0 aliphatic heterocycles. The van der Waals surface area contributed by atoms with Crippen molar-refractivity contribution in [3.05, 3.63) is 77.4 Å². The number of aromatic amines is 1. The summed E-state index contributed by atoms with van der Waals surface area (Å²) in [5, 5.41) is 1.84. The maximum absolute atomic E-state index is 11.6. The summed E-state index contributed by atoms with van der Waals surface area (Å²) in [5.41, 5.74) is 6.15. The average molecular weight is 396 g/mol. The Bertz CT molecular complexity index is 1240. The molecule has 136 valence electrons. The molecule has 0 bridgehead atoms. The molecule has 4 aromatic rings. The summed E-state index contributed by atoms with van der Waals surface area (Å²) in [6, 6.07) is 21.2. The third-order valence-corrected chi connectivity index (χ3v) is 6.10. The molecule has 4 rings (SSSR count). The third kappa shape index (κ3) is 3.51. The number of hydrogen-bond acceptors (Lipinski definition) is 2. The summed E-state index contributed by atoms with van der Waals surface area (Å²) in [6.07, 6.45) is 1.21. The minimum Gasteiger partial charge on any atom is -0.359 e. The van der Waals surface area contributed by atoms with E-state index < -0.39 is 9.84 Å². The molecule has 3 nitrogen and oxygen atoms in total.